The van der Waals surface area contributed by atoms with E-state index in [0.29, 0.717) is 0 Å². The van der Waals surface area contributed by atoms with Crippen LogP contribution in [0.15, 0.2) is 12.2 Å². The van der Waals surface area contributed by atoms with Crippen LogP contribution in [-0.2, 0) is 9.53 Å². The van der Waals surface area contributed by atoms with Crippen molar-refractivity contribution in [2.24, 2.45) is 0 Å². The lowest BCUT2D eigenvalue weighted by molar-refractivity contribution is -0.140. The third-order valence-electron chi connectivity index (χ3n) is 4.66. The Morgan fingerprint density at radius 1 is 0.857 bits per heavy atom. The first-order valence-corrected chi connectivity index (χ1v) is 11.0. The topological polar surface area (TPSA) is 95.9 Å². The molecule has 0 radical (unpaired) electrons. The van der Waals surface area contributed by atoms with Gasteiger partial charge in [0.15, 0.2) is 6.04 Å². The van der Waals surface area contributed by atoms with Crippen LogP contribution in [0.25, 0.3) is 0 Å². The molecule has 0 aromatic heterocycles. The highest BCUT2D eigenvalue weighted by Crippen LogP contribution is 2.10. The number of aliphatic hydroxyl groups is 1. The van der Waals surface area contributed by atoms with Gasteiger partial charge in [-0.15, -0.1) is 0 Å². The van der Waals surface area contributed by atoms with Crippen LogP contribution >= 0.6 is 0 Å². The molecule has 0 heterocycles. The number of carboxylic acids is 1. The van der Waals surface area contributed by atoms with E-state index in [1.54, 1.807) is 0 Å². The van der Waals surface area contributed by atoms with E-state index in [9.17, 15) is 9.59 Å². The molecule has 28 heavy (non-hydrogen) atoms. The van der Waals surface area contributed by atoms with Crippen LogP contribution in [0.2, 0.25) is 0 Å². The van der Waals surface area contributed by atoms with Gasteiger partial charge in [0.25, 0.3) is 0 Å². The summed E-state index contributed by atoms with van der Waals surface area (Å²) in [6.45, 7) is 1.86. The summed E-state index contributed by atoms with van der Waals surface area (Å²) in [6.07, 6.45) is 20.8. The highest BCUT2D eigenvalue weighted by atomic mass is 16.5. The van der Waals surface area contributed by atoms with E-state index in [2.05, 4.69) is 24.4 Å². The summed E-state index contributed by atoms with van der Waals surface area (Å²) in [5, 5.41) is 19.6. The molecule has 1 amide bonds. The Labute approximate surface area is 170 Å². The molecule has 0 spiro atoms. The fourth-order valence-electron chi connectivity index (χ4n) is 2.88. The van der Waals surface area contributed by atoms with Crippen molar-refractivity contribution in [2.75, 3.05) is 13.2 Å². The molecule has 1 unspecified atom stereocenters. The zero-order valence-corrected chi connectivity index (χ0v) is 17.7. The number of carboxylic acid groups (broad SMARTS) is 1. The largest absolute Gasteiger partial charge is 0.480 e. The lowest BCUT2D eigenvalue weighted by Crippen LogP contribution is -2.43. The molecule has 0 fully saturated rings. The molecule has 1 atom stereocenters. The van der Waals surface area contributed by atoms with E-state index >= 15 is 0 Å². The Balaban J connectivity index is 3.32. The molecule has 0 aromatic rings. The Kier molecular flexibility index (Phi) is 19.1. The Hall–Kier alpha value is -1.56. The summed E-state index contributed by atoms with van der Waals surface area (Å²) in [5.74, 6) is -1.28. The van der Waals surface area contributed by atoms with Gasteiger partial charge in [0.05, 0.1) is 13.2 Å². The van der Waals surface area contributed by atoms with Gasteiger partial charge in [-0.05, 0) is 32.1 Å². The molecule has 6 heteroatoms. The normalized spacial score (nSPS) is 12.2. The van der Waals surface area contributed by atoms with Gasteiger partial charge in [0, 0.05) is 0 Å². The molecule has 0 rings (SSSR count). The molecule has 0 bridgehead atoms. The number of carbonyl (C=O) groups is 2. The summed E-state index contributed by atoms with van der Waals surface area (Å²) >= 11 is 0. The number of hydrogen-bond donors (Lipinski definition) is 3. The fraction of sp³-hybridized carbons (Fsp3) is 0.818. The number of amides is 1. The number of ether oxygens (including phenoxy) is 1. The van der Waals surface area contributed by atoms with Crippen LogP contribution in [0, 0.1) is 0 Å². The summed E-state index contributed by atoms with van der Waals surface area (Å²) in [4.78, 5) is 22.0. The van der Waals surface area contributed by atoms with E-state index in [-0.39, 0.29) is 6.61 Å². The number of aliphatic carboxylic acids is 1. The van der Waals surface area contributed by atoms with E-state index in [0.717, 1.165) is 25.7 Å². The Morgan fingerprint density at radius 2 is 1.36 bits per heavy atom. The van der Waals surface area contributed by atoms with E-state index < -0.39 is 24.7 Å². The Morgan fingerprint density at radius 3 is 1.86 bits per heavy atom. The third kappa shape index (κ3) is 17.8. The van der Waals surface area contributed by atoms with Gasteiger partial charge < -0.3 is 20.3 Å². The molecule has 0 aliphatic carbocycles. The van der Waals surface area contributed by atoms with E-state index in [4.69, 9.17) is 14.9 Å². The highest BCUT2D eigenvalue weighted by molar-refractivity contribution is 5.79. The first-order chi connectivity index (χ1) is 13.6. The standard InChI is InChI=1S/C22H41NO5/c1-2-3-4-5-6-7-8-9-10-11-12-13-14-15-16-17-18-28-22(27)23-20(19-24)21(25)26/h9-10,20,24H,2-8,11-19H2,1H3,(H,23,27)(H,25,26). The van der Waals surface area contributed by atoms with Crippen LogP contribution in [0.5, 0.6) is 0 Å². The average molecular weight is 400 g/mol. The molecule has 0 aliphatic rings. The van der Waals surface area contributed by atoms with Gasteiger partial charge in [0.1, 0.15) is 0 Å². The van der Waals surface area contributed by atoms with Crippen LogP contribution < -0.4 is 5.32 Å². The van der Waals surface area contributed by atoms with Gasteiger partial charge >= 0.3 is 12.1 Å². The van der Waals surface area contributed by atoms with Crippen molar-refractivity contribution in [1.82, 2.24) is 5.32 Å². The van der Waals surface area contributed by atoms with Gasteiger partial charge in [-0.1, -0.05) is 76.9 Å². The first kappa shape index (κ1) is 26.4. The van der Waals surface area contributed by atoms with E-state index in [1.165, 1.54) is 64.2 Å². The number of aliphatic hydroxyl groups excluding tert-OH is 1. The van der Waals surface area contributed by atoms with Crippen molar-refractivity contribution in [3.05, 3.63) is 12.2 Å². The predicted octanol–water partition coefficient (Wildman–Crippen LogP) is 5.20. The molecular formula is C22H41NO5. The van der Waals surface area contributed by atoms with Crippen LogP contribution in [0.1, 0.15) is 96.8 Å². The lowest BCUT2D eigenvalue weighted by atomic mass is 10.1. The van der Waals surface area contributed by atoms with Crippen LogP contribution in [-0.4, -0.2) is 41.5 Å². The van der Waals surface area contributed by atoms with Crippen molar-refractivity contribution >= 4 is 12.1 Å². The monoisotopic (exact) mass is 399 g/mol. The average Bonchev–Trinajstić information content (AvgIpc) is 2.68. The van der Waals surface area contributed by atoms with Gasteiger partial charge in [0.2, 0.25) is 0 Å². The maximum Gasteiger partial charge on any atom is 0.407 e. The smallest absolute Gasteiger partial charge is 0.407 e. The number of alkyl carbamates (subject to hydrolysis) is 1. The zero-order chi connectivity index (χ0) is 20.9. The Bertz CT molecular complexity index is 412. The molecule has 0 saturated heterocycles. The van der Waals surface area contributed by atoms with Crippen molar-refractivity contribution in [2.45, 2.75) is 103 Å². The molecule has 0 saturated carbocycles. The number of unbranched alkanes of at least 4 members (excludes halogenated alkanes) is 12. The minimum absolute atomic E-state index is 0.269. The van der Waals surface area contributed by atoms with Crippen molar-refractivity contribution in [3.63, 3.8) is 0 Å². The molecule has 3 N–H and O–H groups in total. The maximum absolute atomic E-state index is 11.4. The molecular weight excluding hydrogens is 358 g/mol. The predicted molar refractivity (Wildman–Crippen MR) is 112 cm³/mol. The SMILES string of the molecule is CCCCCCCCC=CCCCCCCCCOC(=O)NC(CO)C(=O)O. The summed E-state index contributed by atoms with van der Waals surface area (Å²) in [6, 6.07) is -1.31. The second-order valence-corrected chi connectivity index (χ2v) is 7.29. The summed E-state index contributed by atoms with van der Waals surface area (Å²) in [7, 11) is 0. The molecule has 0 aliphatic heterocycles. The van der Waals surface area contributed by atoms with Crippen molar-refractivity contribution < 1.29 is 24.5 Å². The summed E-state index contributed by atoms with van der Waals surface area (Å²) in [5.41, 5.74) is 0. The number of rotatable bonds is 19. The quantitative estimate of drug-likeness (QED) is 0.205. The van der Waals surface area contributed by atoms with Crippen LogP contribution in [0.3, 0.4) is 0 Å². The number of hydrogen-bond acceptors (Lipinski definition) is 4. The molecule has 6 nitrogen and oxygen atoms in total. The second-order valence-electron chi connectivity index (χ2n) is 7.29. The van der Waals surface area contributed by atoms with Gasteiger partial charge in [-0.3, -0.25) is 0 Å². The molecule has 164 valence electrons. The summed E-state index contributed by atoms with van der Waals surface area (Å²) < 4.78 is 4.91. The number of allylic oxidation sites excluding steroid dienone is 2. The fourth-order valence-corrected chi connectivity index (χ4v) is 2.88. The van der Waals surface area contributed by atoms with E-state index in [1.807, 2.05) is 0 Å². The molecule has 0 aromatic carbocycles. The number of carbonyl (C=O) groups excluding carboxylic acids is 1. The zero-order valence-electron chi connectivity index (χ0n) is 17.7. The third-order valence-corrected chi connectivity index (χ3v) is 4.66. The van der Waals surface area contributed by atoms with Gasteiger partial charge in [-0.25, -0.2) is 9.59 Å². The van der Waals surface area contributed by atoms with Gasteiger partial charge in [-0.2, -0.15) is 0 Å². The second kappa shape index (κ2) is 20.2. The minimum Gasteiger partial charge on any atom is -0.480 e. The lowest BCUT2D eigenvalue weighted by Gasteiger charge is -2.11. The highest BCUT2D eigenvalue weighted by Gasteiger charge is 2.19. The van der Waals surface area contributed by atoms with Crippen molar-refractivity contribution in [3.8, 4) is 0 Å². The first-order valence-electron chi connectivity index (χ1n) is 11.0. The number of nitrogens with one attached hydrogen (secondary N) is 1. The van der Waals surface area contributed by atoms with Crippen LogP contribution in [0.4, 0.5) is 4.79 Å². The van der Waals surface area contributed by atoms with Crippen molar-refractivity contribution in [1.29, 1.82) is 0 Å². The minimum atomic E-state index is -1.31. The maximum atomic E-state index is 11.4.